The molecular weight excluding hydrogens is 544 g/mol. The average Bonchev–Trinajstić information content (AvgIpc) is 2.85. The molecule has 0 unspecified atom stereocenters. The van der Waals surface area contributed by atoms with Crippen molar-refractivity contribution in [1.82, 2.24) is 10.7 Å². The fourth-order valence-electron chi connectivity index (χ4n) is 3.05. The van der Waals surface area contributed by atoms with Gasteiger partial charge in [-0.05, 0) is 84.9 Å². The van der Waals surface area contributed by atoms with Gasteiger partial charge in [-0.25, -0.2) is 5.43 Å². The fraction of sp³-hybridized carbons (Fsp3) is 0.385. The number of aryl methyl sites for hydroxylation is 1. The molecule has 200 valence electrons. The molecule has 0 saturated heterocycles. The van der Waals surface area contributed by atoms with Crippen LogP contribution in [0, 0.1) is 13.8 Å². The van der Waals surface area contributed by atoms with Gasteiger partial charge >= 0.3 is 11.8 Å². The number of hydrazone groups is 1. The number of anilines is 1. The summed E-state index contributed by atoms with van der Waals surface area (Å²) in [5.74, 6) is -1.31. The van der Waals surface area contributed by atoms with Crippen LogP contribution in [0.15, 0.2) is 39.9 Å². The Kier molecular flexibility index (Phi) is 12.0. The zero-order valence-electron chi connectivity index (χ0n) is 21.6. The van der Waals surface area contributed by atoms with Gasteiger partial charge in [0.25, 0.3) is 5.91 Å². The zero-order valence-corrected chi connectivity index (χ0v) is 23.2. The Morgan fingerprint density at radius 2 is 1.89 bits per heavy atom. The molecule has 0 spiro atoms. The third-order valence-corrected chi connectivity index (χ3v) is 5.71. The van der Waals surface area contributed by atoms with Crippen molar-refractivity contribution >= 4 is 45.6 Å². The highest BCUT2D eigenvalue weighted by atomic mass is 79.9. The first-order chi connectivity index (χ1) is 17.6. The van der Waals surface area contributed by atoms with E-state index < -0.39 is 11.8 Å². The van der Waals surface area contributed by atoms with Crippen LogP contribution >= 0.6 is 15.9 Å². The number of amides is 3. The van der Waals surface area contributed by atoms with Crippen LogP contribution in [-0.4, -0.2) is 56.9 Å². The van der Waals surface area contributed by atoms with E-state index in [4.69, 9.17) is 14.2 Å². The molecular formula is C26H33BrN4O6. The van der Waals surface area contributed by atoms with Crippen LogP contribution < -0.4 is 25.5 Å². The van der Waals surface area contributed by atoms with E-state index in [0.717, 1.165) is 16.8 Å². The highest BCUT2D eigenvalue weighted by molar-refractivity contribution is 9.10. The standard InChI is InChI=1S/C26H33BrN4O6/c1-16(2)36-11-7-10-28-25(33)26(34)31-29-14-19-12-20(27)24(22(13-19)35-5)37-15-23(32)30-21-9-6-8-17(3)18(21)4/h6,8-9,12-14,16H,7,10-11,15H2,1-5H3,(H,28,33)(H,30,32)(H,31,34)/b29-14-. The van der Waals surface area contributed by atoms with Gasteiger partial charge in [0.1, 0.15) is 0 Å². The van der Waals surface area contributed by atoms with Crippen molar-refractivity contribution in [1.29, 1.82) is 0 Å². The molecule has 0 aliphatic heterocycles. The smallest absolute Gasteiger partial charge is 0.329 e. The second-order valence-electron chi connectivity index (χ2n) is 8.35. The summed E-state index contributed by atoms with van der Waals surface area (Å²) in [6.45, 7) is 8.33. The molecule has 0 radical (unpaired) electrons. The molecule has 2 aromatic carbocycles. The molecule has 0 fully saturated rings. The monoisotopic (exact) mass is 576 g/mol. The van der Waals surface area contributed by atoms with Gasteiger partial charge in [0.05, 0.1) is 23.9 Å². The number of hydrogen-bond donors (Lipinski definition) is 3. The summed E-state index contributed by atoms with van der Waals surface area (Å²) < 4.78 is 17.0. The predicted molar refractivity (Wildman–Crippen MR) is 145 cm³/mol. The van der Waals surface area contributed by atoms with Crippen molar-refractivity contribution in [2.45, 2.75) is 40.2 Å². The third kappa shape index (κ3) is 9.85. The minimum absolute atomic E-state index is 0.112. The Hall–Kier alpha value is -3.44. The van der Waals surface area contributed by atoms with Gasteiger partial charge in [0.2, 0.25) is 0 Å². The maximum absolute atomic E-state index is 12.4. The van der Waals surface area contributed by atoms with Crippen LogP contribution in [0.5, 0.6) is 11.5 Å². The second-order valence-corrected chi connectivity index (χ2v) is 9.20. The van der Waals surface area contributed by atoms with E-state index in [9.17, 15) is 14.4 Å². The first-order valence-electron chi connectivity index (χ1n) is 11.7. The van der Waals surface area contributed by atoms with Crippen molar-refractivity contribution in [3.8, 4) is 11.5 Å². The Morgan fingerprint density at radius 3 is 2.59 bits per heavy atom. The number of carbonyl (C=O) groups excluding carboxylic acids is 3. The van der Waals surface area contributed by atoms with Crippen molar-refractivity contribution < 1.29 is 28.6 Å². The maximum atomic E-state index is 12.4. The molecule has 2 rings (SSSR count). The lowest BCUT2D eigenvalue weighted by atomic mass is 10.1. The van der Waals surface area contributed by atoms with E-state index in [1.165, 1.54) is 13.3 Å². The molecule has 3 amide bonds. The van der Waals surface area contributed by atoms with E-state index in [0.29, 0.717) is 41.1 Å². The lowest BCUT2D eigenvalue weighted by Gasteiger charge is -2.14. The van der Waals surface area contributed by atoms with E-state index in [1.807, 2.05) is 45.9 Å². The van der Waals surface area contributed by atoms with E-state index in [2.05, 4.69) is 37.1 Å². The lowest BCUT2D eigenvalue weighted by Crippen LogP contribution is -2.38. The van der Waals surface area contributed by atoms with Gasteiger partial charge < -0.3 is 24.8 Å². The van der Waals surface area contributed by atoms with Crippen molar-refractivity contribution in [3.05, 3.63) is 51.5 Å². The quantitative estimate of drug-likeness (QED) is 0.154. The number of ether oxygens (including phenoxy) is 3. The van der Waals surface area contributed by atoms with E-state index in [1.54, 1.807) is 12.1 Å². The number of nitrogens with zero attached hydrogens (tertiary/aromatic N) is 1. The first kappa shape index (κ1) is 29.8. The molecule has 0 bridgehead atoms. The van der Waals surface area contributed by atoms with E-state index >= 15 is 0 Å². The van der Waals surface area contributed by atoms with Gasteiger partial charge in [-0.15, -0.1) is 0 Å². The SMILES string of the molecule is COc1cc(/C=N\NC(=O)C(=O)NCCCOC(C)C)cc(Br)c1OCC(=O)Nc1cccc(C)c1C. The minimum atomic E-state index is -0.887. The van der Waals surface area contributed by atoms with Gasteiger partial charge in [-0.3, -0.25) is 14.4 Å². The van der Waals surface area contributed by atoms with E-state index in [-0.39, 0.29) is 18.6 Å². The van der Waals surface area contributed by atoms with Gasteiger partial charge in [0, 0.05) is 18.8 Å². The third-order valence-electron chi connectivity index (χ3n) is 5.12. The van der Waals surface area contributed by atoms with Crippen LogP contribution in [0.25, 0.3) is 0 Å². The van der Waals surface area contributed by atoms with Crippen LogP contribution in [0.4, 0.5) is 5.69 Å². The van der Waals surface area contributed by atoms with Crippen molar-refractivity contribution in [2.75, 3.05) is 32.2 Å². The summed E-state index contributed by atoms with van der Waals surface area (Å²) >= 11 is 3.41. The summed E-state index contributed by atoms with van der Waals surface area (Å²) in [5, 5.41) is 9.16. The van der Waals surface area contributed by atoms with Crippen LogP contribution in [-0.2, 0) is 19.1 Å². The molecule has 0 heterocycles. The summed E-state index contributed by atoms with van der Waals surface area (Å²) in [6, 6.07) is 8.96. The number of nitrogens with one attached hydrogen (secondary N) is 3. The Morgan fingerprint density at radius 1 is 1.14 bits per heavy atom. The number of benzene rings is 2. The second kappa shape index (κ2) is 15.0. The van der Waals surface area contributed by atoms with Crippen molar-refractivity contribution in [3.63, 3.8) is 0 Å². The molecule has 0 aromatic heterocycles. The molecule has 0 atom stereocenters. The average molecular weight is 577 g/mol. The summed E-state index contributed by atoms with van der Waals surface area (Å²) in [4.78, 5) is 36.2. The maximum Gasteiger partial charge on any atom is 0.329 e. The Balaban J connectivity index is 1.90. The summed E-state index contributed by atoms with van der Waals surface area (Å²) in [6.07, 6.45) is 2.06. The molecule has 10 nitrogen and oxygen atoms in total. The van der Waals surface area contributed by atoms with Gasteiger partial charge in [0.15, 0.2) is 18.1 Å². The normalized spacial score (nSPS) is 10.9. The molecule has 0 aliphatic carbocycles. The molecule has 3 N–H and O–H groups in total. The van der Waals surface area contributed by atoms with Gasteiger partial charge in [-0.1, -0.05) is 12.1 Å². The number of halogens is 1. The Bertz CT molecular complexity index is 1140. The number of rotatable bonds is 12. The highest BCUT2D eigenvalue weighted by Crippen LogP contribution is 2.36. The predicted octanol–water partition coefficient (Wildman–Crippen LogP) is 3.47. The molecule has 0 saturated carbocycles. The molecule has 11 heteroatoms. The van der Waals surface area contributed by atoms with Crippen molar-refractivity contribution in [2.24, 2.45) is 5.10 Å². The first-order valence-corrected chi connectivity index (χ1v) is 12.5. The Labute approximate surface area is 225 Å². The van der Waals surface area contributed by atoms with Crippen LogP contribution in [0.1, 0.15) is 37.0 Å². The zero-order chi connectivity index (χ0) is 27.4. The minimum Gasteiger partial charge on any atom is -0.493 e. The molecule has 0 aliphatic rings. The number of methoxy groups -OCH3 is 1. The number of carbonyl (C=O) groups is 3. The highest BCUT2D eigenvalue weighted by Gasteiger charge is 2.15. The fourth-order valence-corrected chi connectivity index (χ4v) is 3.63. The largest absolute Gasteiger partial charge is 0.493 e. The number of hydrogen-bond acceptors (Lipinski definition) is 7. The summed E-state index contributed by atoms with van der Waals surface area (Å²) in [7, 11) is 1.46. The van der Waals surface area contributed by atoms with Crippen LogP contribution in [0.2, 0.25) is 0 Å². The van der Waals surface area contributed by atoms with Crippen LogP contribution in [0.3, 0.4) is 0 Å². The summed E-state index contributed by atoms with van der Waals surface area (Å²) in [5.41, 5.74) is 5.52. The molecule has 37 heavy (non-hydrogen) atoms. The topological polar surface area (TPSA) is 127 Å². The molecule has 2 aromatic rings. The lowest BCUT2D eigenvalue weighted by molar-refractivity contribution is -0.139. The van der Waals surface area contributed by atoms with Gasteiger partial charge in [-0.2, -0.15) is 5.10 Å².